The molecule has 0 fully saturated rings. The van der Waals surface area contributed by atoms with Gasteiger partial charge in [0, 0.05) is 17.5 Å². The third-order valence-electron chi connectivity index (χ3n) is 2.46. The molecule has 0 saturated heterocycles. The van der Waals surface area contributed by atoms with E-state index in [-0.39, 0.29) is 21.5 Å². The van der Waals surface area contributed by atoms with Gasteiger partial charge in [-0.2, -0.15) is 4.98 Å². The lowest BCUT2D eigenvalue weighted by atomic mass is 9.96. The van der Waals surface area contributed by atoms with Crippen molar-refractivity contribution in [2.45, 2.75) is 26.2 Å². The average molecular weight is 315 g/mol. The Bertz CT molecular complexity index is 642. The van der Waals surface area contributed by atoms with Crippen LogP contribution in [0.25, 0.3) is 0 Å². The molecule has 1 heterocycles. The van der Waals surface area contributed by atoms with E-state index >= 15 is 0 Å². The van der Waals surface area contributed by atoms with Gasteiger partial charge in [-0.25, -0.2) is 9.37 Å². The lowest BCUT2D eigenvalue weighted by molar-refractivity contribution is 0.444. The summed E-state index contributed by atoms with van der Waals surface area (Å²) in [6.07, 6.45) is 0. The predicted molar refractivity (Wildman–Crippen MR) is 77.2 cm³/mol. The zero-order valence-electron chi connectivity index (χ0n) is 11.2. The fourth-order valence-electron chi connectivity index (χ4n) is 1.45. The van der Waals surface area contributed by atoms with E-state index in [0.717, 1.165) is 0 Å². The summed E-state index contributed by atoms with van der Waals surface area (Å²) in [6.45, 7) is 5.91. The summed E-state index contributed by atoms with van der Waals surface area (Å²) in [5.41, 5.74) is -0.260. The summed E-state index contributed by atoms with van der Waals surface area (Å²) in [7, 11) is 0. The topological polar surface area (TPSA) is 35.0 Å². The fraction of sp³-hybridized carbons (Fsp3) is 0.286. The van der Waals surface area contributed by atoms with Crippen molar-refractivity contribution in [2.75, 3.05) is 0 Å². The number of benzene rings is 1. The molecule has 2 aromatic rings. The fourth-order valence-corrected chi connectivity index (χ4v) is 1.79. The molecule has 0 aliphatic carbocycles. The van der Waals surface area contributed by atoms with E-state index in [4.69, 9.17) is 27.9 Å². The van der Waals surface area contributed by atoms with E-state index in [0.29, 0.717) is 11.6 Å². The van der Waals surface area contributed by atoms with E-state index in [2.05, 4.69) is 9.97 Å². The van der Waals surface area contributed by atoms with Crippen LogP contribution in [-0.4, -0.2) is 9.97 Å². The molecule has 0 aliphatic rings. The number of halogens is 3. The molecule has 0 bridgehead atoms. The number of hydrogen-bond acceptors (Lipinski definition) is 3. The minimum atomic E-state index is -0.505. The Morgan fingerprint density at radius 3 is 2.40 bits per heavy atom. The zero-order chi connectivity index (χ0) is 14.9. The van der Waals surface area contributed by atoms with Crippen LogP contribution in [0.3, 0.4) is 0 Å². The van der Waals surface area contributed by atoms with Crippen LogP contribution in [0.1, 0.15) is 26.6 Å². The van der Waals surface area contributed by atoms with Gasteiger partial charge in [0.15, 0.2) is 0 Å². The lowest BCUT2D eigenvalue weighted by Gasteiger charge is -2.17. The number of nitrogens with zero attached hydrogens (tertiary/aromatic N) is 2. The first-order valence-electron chi connectivity index (χ1n) is 5.94. The Hall–Kier alpha value is -1.39. The van der Waals surface area contributed by atoms with Gasteiger partial charge in [0.05, 0.1) is 5.02 Å². The molecule has 6 heteroatoms. The summed E-state index contributed by atoms with van der Waals surface area (Å²) in [6, 6.07) is 5.57. The third-order valence-corrected chi connectivity index (χ3v) is 2.94. The van der Waals surface area contributed by atoms with E-state index < -0.39 is 5.82 Å². The minimum Gasteiger partial charge on any atom is -0.439 e. The van der Waals surface area contributed by atoms with Crippen molar-refractivity contribution in [1.82, 2.24) is 9.97 Å². The van der Waals surface area contributed by atoms with Crippen molar-refractivity contribution >= 4 is 23.2 Å². The highest BCUT2D eigenvalue weighted by Gasteiger charge is 2.19. The number of ether oxygens (including phenoxy) is 1. The second-order valence-corrected chi connectivity index (χ2v) is 6.07. The molecule has 0 radical (unpaired) electrons. The number of rotatable bonds is 2. The van der Waals surface area contributed by atoms with Gasteiger partial charge in [-0.3, -0.25) is 0 Å². The SMILES string of the molecule is CC(C)(C)c1nc(Cl)cc(Oc2ccc(F)c(Cl)c2)n1. The van der Waals surface area contributed by atoms with Gasteiger partial charge in [0.2, 0.25) is 5.88 Å². The molecule has 1 aromatic carbocycles. The van der Waals surface area contributed by atoms with E-state index in [1.54, 1.807) is 0 Å². The lowest BCUT2D eigenvalue weighted by Crippen LogP contribution is -2.16. The number of aromatic nitrogens is 2. The molecule has 0 unspecified atom stereocenters. The first-order chi connectivity index (χ1) is 9.25. The van der Waals surface area contributed by atoms with Crippen LogP contribution in [-0.2, 0) is 5.41 Å². The Labute approximate surface area is 126 Å². The highest BCUT2D eigenvalue weighted by molar-refractivity contribution is 6.30. The van der Waals surface area contributed by atoms with Crippen molar-refractivity contribution in [3.63, 3.8) is 0 Å². The summed E-state index contributed by atoms with van der Waals surface area (Å²) in [5.74, 6) is 0.729. The van der Waals surface area contributed by atoms with Gasteiger partial charge in [-0.1, -0.05) is 44.0 Å². The Morgan fingerprint density at radius 1 is 1.10 bits per heavy atom. The van der Waals surface area contributed by atoms with E-state index in [1.807, 2.05) is 20.8 Å². The molecular formula is C14H13Cl2FN2O. The molecular weight excluding hydrogens is 302 g/mol. The van der Waals surface area contributed by atoms with Crippen LogP contribution in [0.4, 0.5) is 4.39 Å². The van der Waals surface area contributed by atoms with Crippen LogP contribution < -0.4 is 4.74 Å². The highest BCUT2D eigenvalue weighted by Crippen LogP contribution is 2.28. The Kier molecular flexibility index (Phi) is 4.16. The summed E-state index contributed by atoms with van der Waals surface area (Å²) in [5, 5.41) is 0.270. The van der Waals surface area contributed by atoms with Crippen molar-refractivity contribution in [3.05, 3.63) is 46.1 Å². The third kappa shape index (κ3) is 3.58. The monoisotopic (exact) mass is 314 g/mol. The van der Waals surface area contributed by atoms with Crippen LogP contribution in [0.15, 0.2) is 24.3 Å². The smallest absolute Gasteiger partial charge is 0.224 e. The van der Waals surface area contributed by atoms with Crippen molar-refractivity contribution < 1.29 is 9.13 Å². The maximum absolute atomic E-state index is 13.1. The van der Waals surface area contributed by atoms with Crippen LogP contribution in [0.2, 0.25) is 10.2 Å². The summed E-state index contributed by atoms with van der Waals surface area (Å²) < 4.78 is 18.6. The van der Waals surface area contributed by atoms with Crippen LogP contribution in [0, 0.1) is 5.82 Å². The molecule has 0 amide bonds. The van der Waals surface area contributed by atoms with Crippen LogP contribution in [0.5, 0.6) is 11.6 Å². The van der Waals surface area contributed by atoms with Gasteiger partial charge in [-0.05, 0) is 12.1 Å². The molecule has 0 N–H and O–H groups in total. The Morgan fingerprint density at radius 2 is 1.80 bits per heavy atom. The molecule has 0 spiro atoms. The maximum atomic E-state index is 13.1. The summed E-state index contributed by atoms with van der Waals surface area (Å²) in [4.78, 5) is 8.46. The van der Waals surface area contributed by atoms with Gasteiger partial charge < -0.3 is 4.74 Å². The molecule has 106 valence electrons. The summed E-state index contributed by atoms with van der Waals surface area (Å²) >= 11 is 11.7. The molecule has 0 aliphatic heterocycles. The molecule has 0 atom stereocenters. The highest BCUT2D eigenvalue weighted by atomic mass is 35.5. The van der Waals surface area contributed by atoms with Gasteiger partial charge in [0.25, 0.3) is 0 Å². The van der Waals surface area contributed by atoms with Gasteiger partial charge in [-0.15, -0.1) is 0 Å². The standard InChI is InChI=1S/C14H13Cl2FN2O/c1-14(2,3)13-18-11(16)7-12(19-13)20-8-4-5-10(17)9(15)6-8/h4-7H,1-3H3. The van der Waals surface area contributed by atoms with Gasteiger partial charge in [0.1, 0.15) is 22.5 Å². The maximum Gasteiger partial charge on any atom is 0.224 e. The second kappa shape index (κ2) is 5.54. The van der Waals surface area contributed by atoms with Crippen molar-refractivity contribution in [2.24, 2.45) is 0 Å². The molecule has 2 rings (SSSR count). The minimum absolute atomic E-state index is 0.0151. The molecule has 3 nitrogen and oxygen atoms in total. The average Bonchev–Trinajstić information content (AvgIpc) is 2.32. The first kappa shape index (κ1) is 15.0. The molecule has 0 saturated carbocycles. The first-order valence-corrected chi connectivity index (χ1v) is 6.69. The van der Waals surface area contributed by atoms with E-state index in [1.165, 1.54) is 24.3 Å². The van der Waals surface area contributed by atoms with Crippen molar-refractivity contribution in [1.29, 1.82) is 0 Å². The van der Waals surface area contributed by atoms with E-state index in [9.17, 15) is 4.39 Å². The number of hydrogen-bond donors (Lipinski definition) is 0. The molecule has 20 heavy (non-hydrogen) atoms. The molecule has 1 aromatic heterocycles. The van der Waals surface area contributed by atoms with Crippen LogP contribution >= 0.6 is 23.2 Å². The van der Waals surface area contributed by atoms with Gasteiger partial charge >= 0.3 is 0 Å². The Balaban J connectivity index is 2.33. The predicted octanol–water partition coefficient (Wildman–Crippen LogP) is 5.01. The largest absolute Gasteiger partial charge is 0.439 e. The quantitative estimate of drug-likeness (QED) is 0.731. The zero-order valence-corrected chi connectivity index (χ0v) is 12.8. The second-order valence-electron chi connectivity index (χ2n) is 5.28. The van der Waals surface area contributed by atoms with Crippen molar-refractivity contribution in [3.8, 4) is 11.6 Å². The normalized spacial score (nSPS) is 11.5.